The van der Waals surface area contributed by atoms with Crippen molar-refractivity contribution in [3.05, 3.63) is 47.0 Å². The minimum atomic E-state index is -0.453. The maximum Gasteiger partial charge on any atom is 0.143 e. The van der Waals surface area contributed by atoms with Crippen molar-refractivity contribution >= 4 is 22.6 Å². The summed E-state index contributed by atoms with van der Waals surface area (Å²) in [6.45, 7) is 1.72. The van der Waals surface area contributed by atoms with Crippen LogP contribution in [-0.4, -0.2) is 31.3 Å². The van der Waals surface area contributed by atoms with E-state index in [1.165, 1.54) is 4.80 Å². The van der Waals surface area contributed by atoms with Crippen LogP contribution >= 0.6 is 11.6 Å². The van der Waals surface area contributed by atoms with E-state index in [9.17, 15) is 10.2 Å². The number of fused-ring (bicyclic) bond motifs is 1. The number of hydrogen-bond acceptors (Lipinski definition) is 4. The predicted octanol–water partition coefficient (Wildman–Crippen LogP) is 2.70. The van der Waals surface area contributed by atoms with Gasteiger partial charge in [0.15, 0.2) is 0 Å². The van der Waals surface area contributed by atoms with Crippen molar-refractivity contribution in [3.63, 3.8) is 0 Å². The van der Waals surface area contributed by atoms with Crippen molar-refractivity contribution in [1.29, 1.82) is 0 Å². The summed E-state index contributed by atoms with van der Waals surface area (Å²) in [4.78, 5) is 1.38. The minimum Gasteiger partial charge on any atom is -0.506 e. The Morgan fingerprint density at radius 2 is 1.90 bits per heavy atom. The molecule has 1 atom stereocenters. The molecule has 0 saturated carbocycles. The van der Waals surface area contributed by atoms with E-state index in [-0.39, 0.29) is 5.75 Å². The van der Waals surface area contributed by atoms with Gasteiger partial charge in [0.05, 0.1) is 6.10 Å². The number of phenols is 1. The molecule has 0 radical (unpaired) electrons. The standard InChI is InChI=1S/C15H14ClN3O2/c1-9(20)6-10-2-5-15(21)14(7-10)19-17-12-4-3-11(16)8-13(12)18-19/h2-5,7-9,20-21H,6H2,1H3. The van der Waals surface area contributed by atoms with E-state index >= 15 is 0 Å². The molecule has 0 bridgehead atoms. The number of hydrogen-bond donors (Lipinski definition) is 2. The van der Waals surface area contributed by atoms with Gasteiger partial charge in [0.2, 0.25) is 0 Å². The SMILES string of the molecule is CC(O)Cc1ccc(O)c(-n2nc3ccc(Cl)cc3n2)c1. The number of aliphatic hydroxyl groups excluding tert-OH is 1. The van der Waals surface area contributed by atoms with Crippen LogP contribution in [-0.2, 0) is 6.42 Å². The number of aliphatic hydroxyl groups is 1. The van der Waals surface area contributed by atoms with Crippen molar-refractivity contribution in [1.82, 2.24) is 15.0 Å². The lowest BCUT2D eigenvalue weighted by molar-refractivity contribution is 0.195. The molecule has 108 valence electrons. The third-order valence-electron chi connectivity index (χ3n) is 3.13. The highest BCUT2D eigenvalue weighted by atomic mass is 35.5. The topological polar surface area (TPSA) is 71.2 Å². The summed E-state index contributed by atoms with van der Waals surface area (Å²) in [6, 6.07) is 10.4. The van der Waals surface area contributed by atoms with Gasteiger partial charge in [-0.15, -0.1) is 15.0 Å². The monoisotopic (exact) mass is 303 g/mol. The summed E-state index contributed by atoms with van der Waals surface area (Å²) in [5.74, 6) is 0.0794. The van der Waals surface area contributed by atoms with Gasteiger partial charge in [0.1, 0.15) is 22.5 Å². The first-order chi connectivity index (χ1) is 10.0. The van der Waals surface area contributed by atoms with Gasteiger partial charge in [0, 0.05) is 5.02 Å². The van der Waals surface area contributed by atoms with Gasteiger partial charge in [-0.25, -0.2) is 0 Å². The molecular formula is C15H14ClN3O2. The Morgan fingerprint density at radius 1 is 1.14 bits per heavy atom. The van der Waals surface area contributed by atoms with Gasteiger partial charge < -0.3 is 10.2 Å². The molecule has 3 rings (SSSR count). The zero-order valence-corrected chi connectivity index (χ0v) is 12.1. The molecule has 6 heteroatoms. The zero-order chi connectivity index (χ0) is 15.0. The molecule has 1 unspecified atom stereocenters. The van der Waals surface area contributed by atoms with Crippen LogP contribution in [0.4, 0.5) is 0 Å². The van der Waals surface area contributed by atoms with E-state index in [4.69, 9.17) is 11.6 Å². The molecule has 0 aliphatic carbocycles. The van der Waals surface area contributed by atoms with E-state index in [2.05, 4.69) is 10.2 Å². The highest BCUT2D eigenvalue weighted by Gasteiger charge is 2.11. The van der Waals surface area contributed by atoms with Crippen LogP contribution in [0.25, 0.3) is 16.7 Å². The maximum atomic E-state index is 10.0. The van der Waals surface area contributed by atoms with Gasteiger partial charge in [-0.1, -0.05) is 17.7 Å². The van der Waals surface area contributed by atoms with E-state index in [1.807, 2.05) is 0 Å². The number of aromatic hydroxyl groups is 1. The molecule has 0 spiro atoms. The Morgan fingerprint density at radius 3 is 2.67 bits per heavy atom. The summed E-state index contributed by atoms with van der Waals surface area (Å²) in [5.41, 5.74) is 2.72. The number of halogens is 1. The molecule has 0 aliphatic heterocycles. The van der Waals surface area contributed by atoms with Gasteiger partial charge in [-0.3, -0.25) is 0 Å². The van der Waals surface area contributed by atoms with Crippen molar-refractivity contribution in [2.75, 3.05) is 0 Å². The Labute approximate surface area is 126 Å². The molecule has 0 fully saturated rings. The van der Waals surface area contributed by atoms with Crippen LogP contribution in [0, 0.1) is 0 Å². The average molecular weight is 304 g/mol. The van der Waals surface area contributed by atoms with E-state index in [0.29, 0.717) is 28.2 Å². The van der Waals surface area contributed by atoms with Crippen molar-refractivity contribution in [3.8, 4) is 11.4 Å². The zero-order valence-electron chi connectivity index (χ0n) is 11.4. The van der Waals surface area contributed by atoms with Crippen LogP contribution in [0.5, 0.6) is 5.75 Å². The first-order valence-electron chi connectivity index (χ1n) is 6.56. The number of benzene rings is 2. The van der Waals surface area contributed by atoms with E-state index < -0.39 is 6.10 Å². The second-order valence-corrected chi connectivity index (χ2v) is 5.44. The quantitative estimate of drug-likeness (QED) is 0.780. The Hall–Kier alpha value is -2.11. The lowest BCUT2D eigenvalue weighted by atomic mass is 10.1. The van der Waals surface area contributed by atoms with Gasteiger partial charge in [-0.2, -0.15) is 0 Å². The second kappa shape index (κ2) is 5.35. The van der Waals surface area contributed by atoms with Crippen LogP contribution in [0.1, 0.15) is 12.5 Å². The maximum absolute atomic E-state index is 10.0. The molecule has 3 aromatic rings. The van der Waals surface area contributed by atoms with Crippen LogP contribution in [0.3, 0.4) is 0 Å². The number of aromatic nitrogens is 3. The molecule has 2 aromatic carbocycles. The lowest BCUT2D eigenvalue weighted by Crippen LogP contribution is -2.06. The van der Waals surface area contributed by atoms with Crippen molar-refractivity contribution in [2.24, 2.45) is 0 Å². The molecule has 2 N–H and O–H groups in total. The van der Waals surface area contributed by atoms with Crippen LogP contribution in [0.2, 0.25) is 5.02 Å². The Bertz CT molecular complexity index is 799. The molecule has 21 heavy (non-hydrogen) atoms. The number of nitrogens with zero attached hydrogens (tertiary/aromatic N) is 3. The molecule has 0 saturated heterocycles. The molecule has 1 aromatic heterocycles. The average Bonchev–Trinajstić information content (AvgIpc) is 2.83. The Balaban J connectivity index is 2.08. The first-order valence-corrected chi connectivity index (χ1v) is 6.93. The summed E-state index contributed by atoms with van der Waals surface area (Å²) < 4.78 is 0. The van der Waals surface area contributed by atoms with Crippen LogP contribution in [0.15, 0.2) is 36.4 Å². The third-order valence-corrected chi connectivity index (χ3v) is 3.36. The molecular weight excluding hydrogens is 290 g/mol. The first kappa shape index (κ1) is 13.9. The van der Waals surface area contributed by atoms with E-state index in [1.54, 1.807) is 43.3 Å². The highest BCUT2D eigenvalue weighted by molar-refractivity contribution is 6.31. The predicted molar refractivity (Wildman–Crippen MR) is 80.9 cm³/mol. The fourth-order valence-corrected chi connectivity index (χ4v) is 2.36. The Kier molecular flexibility index (Phi) is 3.53. The molecule has 1 heterocycles. The largest absolute Gasteiger partial charge is 0.506 e. The van der Waals surface area contributed by atoms with Crippen molar-refractivity contribution < 1.29 is 10.2 Å². The fraction of sp³-hybridized carbons (Fsp3) is 0.200. The van der Waals surface area contributed by atoms with Gasteiger partial charge in [0.25, 0.3) is 0 Å². The number of phenolic OH excluding ortho intramolecular Hbond substituents is 1. The number of rotatable bonds is 3. The van der Waals surface area contributed by atoms with Gasteiger partial charge >= 0.3 is 0 Å². The van der Waals surface area contributed by atoms with Crippen LogP contribution < -0.4 is 0 Å². The van der Waals surface area contributed by atoms with Gasteiger partial charge in [-0.05, 0) is 49.2 Å². The lowest BCUT2D eigenvalue weighted by Gasteiger charge is -2.08. The summed E-state index contributed by atoms with van der Waals surface area (Å²) >= 11 is 5.93. The second-order valence-electron chi connectivity index (χ2n) is 5.00. The fourth-order valence-electron chi connectivity index (χ4n) is 2.19. The summed E-state index contributed by atoms with van der Waals surface area (Å²) in [7, 11) is 0. The van der Waals surface area contributed by atoms with Crippen molar-refractivity contribution in [2.45, 2.75) is 19.4 Å². The third kappa shape index (κ3) is 2.84. The summed E-state index contributed by atoms with van der Waals surface area (Å²) in [5, 5.41) is 28.7. The normalized spacial score (nSPS) is 12.7. The minimum absolute atomic E-state index is 0.0794. The highest BCUT2D eigenvalue weighted by Crippen LogP contribution is 2.24. The molecule has 0 amide bonds. The smallest absolute Gasteiger partial charge is 0.143 e. The molecule has 5 nitrogen and oxygen atoms in total. The van der Waals surface area contributed by atoms with E-state index in [0.717, 1.165) is 5.56 Å². The molecule has 0 aliphatic rings. The summed E-state index contributed by atoms with van der Waals surface area (Å²) in [6.07, 6.45) is 0.0470.